The van der Waals surface area contributed by atoms with Crippen LogP contribution in [0.25, 0.3) is 0 Å². The molecule has 0 fully saturated rings. The van der Waals surface area contributed by atoms with Gasteiger partial charge in [-0.25, -0.2) is 4.79 Å². The Morgan fingerprint density at radius 2 is 1.90 bits per heavy atom. The molecule has 0 aliphatic rings. The molecule has 3 nitrogen and oxygen atoms in total. The zero-order chi connectivity index (χ0) is 8.41. The minimum atomic E-state index is -1.83. The molecule has 0 amide bonds. The van der Waals surface area contributed by atoms with E-state index < -0.39 is 6.16 Å². The summed E-state index contributed by atoms with van der Waals surface area (Å²) in [6.45, 7) is 4.23. The van der Waals surface area contributed by atoms with E-state index in [9.17, 15) is 0 Å². The van der Waals surface area contributed by atoms with Crippen molar-refractivity contribution in [3.8, 4) is 0 Å². The summed E-state index contributed by atoms with van der Waals surface area (Å²) in [4.78, 5) is 8.56. The van der Waals surface area contributed by atoms with Crippen molar-refractivity contribution < 1.29 is 15.0 Å². The average Bonchev–Trinajstić information content (AvgIpc) is 1.82. The number of hydrogen-bond donors (Lipinski definition) is 2. The van der Waals surface area contributed by atoms with Gasteiger partial charge in [-0.15, -0.1) is 0 Å². The fourth-order valence-electron chi connectivity index (χ4n) is 0.333. The Balaban J connectivity index is 0. The highest BCUT2D eigenvalue weighted by atomic mass is 16.6. The number of rotatable bonds is 2. The summed E-state index contributed by atoms with van der Waals surface area (Å²) in [5, 5.41) is 13.9. The number of carbonyl (C=O) groups is 1. The van der Waals surface area contributed by atoms with E-state index in [0.29, 0.717) is 0 Å². The number of unbranched alkanes of at least 4 members (excludes halogenated alkanes) is 1. The molecule has 0 aromatic rings. The van der Waals surface area contributed by atoms with Gasteiger partial charge in [-0.1, -0.05) is 25.5 Å². The van der Waals surface area contributed by atoms with E-state index in [1.165, 1.54) is 12.8 Å². The van der Waals surface area contributed by atoms with Crippen LogP contribution in [-0.2, 0) is 0 Å². The van der Waals surface area contributed by atoms with Gasteiger partial charge in [0.15, 0.2) is 0 Å². The molecule has 0 saturated carbocycles. The van der Waals surface area contributed by atoms with Gasteiger partial charge in [0.1, 0.15) is 0 Å². The monoisotopic (exact) mass is 146 g/mol. The molecule has 3 heteroatoms. The Kier molecular flexibility index (Phi) is 12.8. The van der Waals surface area contributed by atoms with Crippen LogP contribution in [0.2, 0.25) is 0 Å². The van der Waals surface area contributed by atoms with Crippen LogP contribution in [0.15, 0.2) is 12.2 Å². The Morgan fingerprint density at radius 3 is 2.00 bits per heavy atom. The minimum absolute atomic E-state index is 1.23. The first kappa shape index (κ1) is 11.8. The Hall–Kier alpha value is -0.990. The molecule has 2 N–H and O–H groups in total. The molecule has 0 aromatic heterocycles. The molecule has 0 aromatic carbocycles. The van der Waals surface area contributed by atoms with Gasteiger partial charge in [-0.05, 0) is 13.3 Å². The first-order valence-electron chi connectivity index (χ1n) is 3.18. The Labute approximate surface area is 61.0 Å². The highest BCUT2D eigenvalue weighted by Crippen LogP contribution is 1.85. The molecule has 0 radical (unpaired) electrons. The van der Waals surface area contributed by atoms with E-state index in [-0.39, 0.29) is 0 Å². The van der Waals surface area contributed by atoms with Crippen LogP contribution in [0.4, 0.5) is 4.79 Å². The SMILES string of the molecule is CC=CCCC.O=C(O)O. The highest BCUT2D eigenvalue weighted by Gasteiger charge is 1.70. The summed E-state index contributed by atoms with van der Waals surface area (Å²) in [6.07, 6.45) is 4.93. The van der Waals surface area contributed by atoms with Crippen molar-refractivity contribution in [3.05, 3.63) is 12.2 Å². The lowest BCUT2D eigenvalue weighted by Gasteiger charge is -1.76. The summed E-state index contributed by atoms with van der Waals surface area (Å²) in [5.74, 6) is 0. The fraction of sp³-hybridized carbons (Fsp3) is 0.571. The fourth-order valence-corrected chi connectivity index (χ4v) is 0.333. The first-order valence-corrected chi connectivity index (χ1v) is 3.18. The largest absolute Gasteiger partial charge is 0.503 e. The molecule has 0 atom stereocenters. The smallest absolute Gasteiger partial charge is 0.450 e. The van der Waals surface area contributed by atoms with E-state index in [2.05, 4.69) is 26.0 Å². The van der Waals surface area contributed by atoms with Gasteiger partial charge in [-0.3, -0.25) is 0 Å². The number of hydrogen-bond acceptors (Lipinski definition) is 1. The average molecular weight is 146 g/mol. The molecule has 10 heavy (non-hydrogen) atoms. The molecule has 60 valence electrons. The molecular formula is C7H14O3. The third kappa shape index (κ3) is 62.7. The van der Waals surface area contributed by atoms with Gasteiger partial charge in [-0.2, -0.15) is 0 Å². The van der Waals surface area contributed by atoms with Gasteiger partial charge in [0.05, 0.1) is 0 Å². The highest BCUT2D eigenvalue weighted by molar-refractivity contribution is 5.53. The van der Waals surface area contributed by atoms with Crippen molar-refractivity contribution in [2.45, 2.75) is 26.7 Å². The Morgan fingerprint density at radius 1 is 1.50 bits per heavy atom. The minimum Gasteiger partial charge on any atom is -0.450 e. The van der Waals surface area contributed by atoms with Crippen LogP contribution >= 0.6 is 0 Å². The zero-order valence-corrected chi connectivity index (χ0v) is 6.37. The second-order valence-corrected chi connectivity index (χ2v) is 1.64. The standard InChI is InChI=1S/C6H12.CH2O3/c1-3-5-6-4-2;2-1(3)4/h3,5H,4,6H2,1-2H3;(H2,2,3,4). The third-order valence-corrected chi connectivity index (χ3v) is 0.691. The second-order valence-electron chi connectivity index (χ2n) is 1.64. The third-order valence-electron chi connectivity index (χ3n) is 0.691. The maximum atomic E-state index is 8.56. The van der Waals surface area contributed by atoms with Gasteiger partial charge in [0.25, 0.3) is 0 Å². The van der Waals surface area contributed by atoms with Crippen molar-refractivity contribution in [3.63, 3.8) is 0 Å². The topological polar surface area (TPSA) is 57.5 Å². The molecule has 0 saturated heterocycles. The molecule has 0 aliphatic carbocycles. The van der Waals surface area contributed by atoms with Gasteiger partial charge >= 0.3 is 6.16 Å². The lowest BCUT2D eigenvalue weighted by atomic mass is 10.3. The van der Waals surface area contributed by atoms with Gasteiger partial charge < -0.3 is 10.2 Å². The molecule has 0 aliphatic heterocycles. The van der Waals surface area contributed by atoms with Gasteiger partial charge in [0, 0.05) is 0 Å². The summed E-state index contributed by atoms with van der Waals surface area (Å²) in [5.41, 5.74) is 0. The van der Waals surface area contributed by atoms with Gasteiger partial charge in [0.2, 0.25) is 0 Å². The summed E-state index contributed by atoms with van der Waals surface area (Å²) in [6, 6.07) is 0. The van der Waals surface area contributed by atoms with Crippen LogP contribution in [0.1, 0.15) is 26.7 Å². The maximum Gasteiger partial charge on any atom is 0.503 e. The molecular weight excluding hydrogens is 132 g/mol. The molecule has 0 unspecified atom stereocenters. The molecule has 0 heterocycles. The van der Waals surface area contributed by atoms with Crippen LogP contribution in [0.3, 0.4) is 0 Å². The summed E-state index contributed by atoms with van der Waals surface area (Å²) < 4.78 is 0. The molecule has 0 rings (SSSR count). The van der Waals surface area contributed by atoms with Crippen molar-refractivity contribution in [2.24, 2.45) is 0 Å². The lowest BCUT2D eigenvalue weighted by molar-refractivity contribution is 0.137. The first-order chi connectivity index (χ1) is 4.65. The number of carboxylic acid groups (broad SMARTS) is 2. The van der Waals surface area contributed by atoms with E-state index >= 15 is 0 Å². The van der Waals surface area contributed by atoms with E-state index in [0.717, 1.165) is 0 Å². The number of allylic oxidation sites excluding steroid dienone is 2. The molecule has 0 spiro atoms. The van der Waals surface area contributed by atoms with E-state index in [4.69, 9.17) is 15.0 Å². The summed E-state index contributed by atoms with van der Waals surface area (Å²) in [7, 11) is 0. The van der Waals surface area contributed by atoms with Crippen LogP contribution < -0.4 is 0 Å². The maximum absolute atomic E-state index is 8.56. The predicted molar refractivity (Wildman–Crippen MR) is 40.4 cm³/mol. The quantitative estimate of drug-likeness (QED) is 0.588. The zero-order valence-electron chi connectivity index (χ0n) is 6.37. The van der Waals surface area contributed by atoms with E-state index in [1.807, 2.05) is 0 Å². The van der Waals surface area contributed by atoms with Crippen molar-refractivity contribution >= 4 is 6.16 Å². The van der Waals surface area contributed by atoms with Crippen molar-refractivity contribution in [2.75, 3.05) is 0 Å². The lowest BCUT2D eigenvalue weighted by Crippen LogP contribution is -1.81. The normalized spacial score (nSPS) is 8.60. The molecule has 0 bridgehead atoms. The summed E-state index contributed by atoms with van der Waals surface area (Å²) >= 11 is 0. The van der Waals surface area contributed by atoms with Crippen LogP contribution in [0.5, 0.6) is 0 Å². The van der Waals surface area contributed by atoms with Crippen LogP contribution in [-0.4, -0.2) is 16.4 Å². The van der Waals surface area contributed by atoms with Crippen molar-refractivity contribution in [1.29, 1.82) is 0 Å². The van der Waals surface area contributed by atoms with Crippen LogP contribution in [0, 0.1) is 0 Å². The van der Waals surface area contributed by atoms with E-state index in [1.54, 1.807) is 0 Å². The van der Waals surface area contributed by atoms with Crippen molar-refractivity contribution in [1.82, 2.24) is 0 Å². The second kappa shape index (κ2) is 10.9. The predicted octanol–water partition coefficient (Wildman–Crippen LogP) is 2.58. The Bertz CT molecular complexity index is 93.0.